The van der Waals surface area contributed by atoms with Gasteiger partial charge in [0.2, 0.25) is 0 Å². The number of amides is 1. The number of aliphatic imine (C=N–C) groups is 2. The maximum Gasteiger partial charge on any atom is 0.420 e. The molecule has 42 heavy (non-hydrogen) atoms. The zero-order valence-electron chi connectivity index (χ0n) is 23.6. The highest BCUT2D eigenvalue weighted by Crippen LogP contribution is 2.29. The minimum absolute atomic E-state index is 0.128. The number of carbonyl (C=O) groups is 1. The Balaban J connectivity index is 1.72. The predicted octanol–water partition coefficient (Wildman–Crippen LogP) is 4.29. The SMILES string of the molecule is C=NC(=N)/C(=C\C(C)=C1\C=CC2=NCC=C(/C=C/C=C(C(=O)NCCCN3CCOCC3)\C(F)=C/C)N2N1)C(F)(F)F. The number of allylic oxidation sites excluding steroid dienone is 7. The summed E-state index contributed by atoms with van der Waals surface area (Å²) in [5.41, 5.74) is 2.78. The van der Waals surface area contributed by atoms with Crippen molar-refractivity contribution < 1.29 is 27.1 Å². The number of ether oxygens (including phenoxy) is 1. The van der Waals surface area contributed by atoms with Crippen LogP contribution >= 0.6 is 0 Å². The Hall–Kier alpha value is -4.10. The highest BCUT2D eigenvalue weighted by molar-refractivity contribution is 6.00. The number of hydrazine groups is 1. The van der Waals surface area contributed by atoms with Gasteiger partial charge >= 0.3 is 6.18 Å². The number of alkyl halides is 3. The first kappa shape index (κ1) is 32.4. The number of morpholine rings is 1. The lowest BCUT2D eigenvalue weighted by atomic mass is 10.1. The molecule has 0 saturated carbocycles. The van der Waals surface area contributed by atoms with Gasteiger partial charge in [0.15, 0.2) is 5.84 Å². The van der Waals surface area contributed by atoms with Crippen LogP contribution in [-0.2, 0) is 9.53 Å². The summed E-state index contributed by atoms with van der Waals surface area (Å²) in [7, 11) is 0. The molecule has 13 heteroatoms. The van der Waals surface area contributed by atoms with E-state index in [2.05, 4.69) is 32.3 Å². The van der Waals surface area contributed by atoms with Gasteiger partial charge in [-0.05, 0) is 75.6 Å². The van der Waals surface area contributed by atoms with E-state index in [1.165, 1.54) is 32.1 Å². The van der Waals surface area contributed by atoms with E-state index in [4.69, 9.17) is 10.1 Å². The van der Waals surface area contributed by atoms with E-state index >= 15 is 0 Å². The number of hydrogen-bond acceptors (Lipinski definition) is 7. The molecule has 0 radical (unpaired) electrons. The van der Waals surface area contributed by atoms with Crippen LogP contribution in [0.25, 0.3) is 0 Å². The molecule has 3 N–H and O–H groups in total. The number of halogens is 4. The van der Waals surface area contributed by atoms with Crippen LogP contribution in [0, 0.1) is 5.41 Å². The van der Waals surface area contributed by atoms with Crippen molar-refractivity contribution in [2.24, 2.45) is 9.98 Å². The molecule has 3 aliphatic heterocycles. The first-order valence-electron chi connectivity index (χ1n) is 13.4. The van der Waals surface area contributed by atoms with Crippen molar-refractivity contribution in [3.63, 3.8) is 0 Å². The Morgan fingerprint density at radius 2 is 2.05 bits per heavy atom. The quantitative estimate of drug-likeness (QED) is 0.0881. The average molecular weight is 590 g/mol. The molecular formula is C29H35F4N7O2. The first-order chi connectivity index (χ1) is 20.0. The second-order valence-electron chi connectivity index (χ2n) is 9.41. The Morgan fingerprint density at radius 3 is 2.71 bits per heavy atom. The largest absolute Gasteiger partial charge is 0.420 e. The number of nitrogens with zero attached hydrogens (tertiary/aromatic N) is 4. The number of rotatable bonds is 10. The van der Waals surface area contributed by atoms with Crippen LogP contribution in [0.2, 0.25) is 0 Å². The zero-order valence-corrected chi connectivity index (χ0v) is 23.6. The van der Waals surface area contributed by atoms with Gasteiger partial charge in [-0.15, -0.1) is 0 Å². The van der Waals surface area contributed by atoms with E-state index in [1.807, 2.05) is 0 Å². The molecule has 1 fully saturated rings. The summed E-state index contributed by atoms with van der Waals surface area (Å²) in [6.07, 6.45) is 7.47. The third-order valence-electron chi connectivity index (χ3n) is 6.50. The fourth-order valence-electron chi connectivity index (χ4n) is 4.20. The van der Waals surface area contributed by atoms with Gasteiger partial charge in [-0.25, -0.2) is 14.4 Å². The molecule has 0 aromatic carbocycles. The van der Waals surface area contributed by atoms with Crippen molar-refractivity contribution in [2.75, 3.05) is 45.9 Å². The monoisotopic (exact) mass is 589 g/mol. The van der Waals surface area contributed by atoms with E-state index in [-0.39, 0.29) is 11.1 Å². The van der Waals surface area contributed by atoms with E-state index in [0.29, 0.717) is 43.5 Å². The molecule has 0 aliphatic carbocycles. The number of hydrogen-bond donors (Lipinski definition) is 3. The third kappa shape index (κ3) is 8.95. The highest BCUT2D eigenvalue weighted by Gasteiger charge is 2.36. The van der Waals surface area contributed by atoms with Gasteiger partial charge in [0.05, 0.1) is 42.3 Å². The molecule has 0 aromatic heterocycles. The fourth-order valence-corrected chi connectivity index (χ4v) is 4.20. The average Bonchev–Trinajstić information content (AvgIpc) is 2.99. The van der Waals surface area contributed by atoms with Crippen LogP contribution in [0.15, 0.2) is 92.5 Å². The summed E-state index contributed by atoms with van der Waals surface area (Å²) in [4.78, 5) is 22.5. The van der Waals surface area contributed by atoms with Gasteiger partial charge in [-0.2, -0.15) is 13.2 Å². The van der Waals surface area contributed by atoms with E-state index in [0.717, 1.165) is 32.1 Å². The molecule has 0 spiro atoms. The smallest absolute Gasteiger partial charge is 0.379 e. The van der Waals surface area contributed by atoms with Crippen LogP contribution in [0.5, 0.6) is 0 Å². The molecule has 3 heterocycles. The normalized spacial score (nSPS) is 20.0. The maximum absolute atomic E-state index is 14.6. The van der Waals surface area contributed by atoms with Gasteiger partial charge in [-0.1, -0.05) is 12.2 Å². The topological polar surface area (TPSA) is 105 Å². The van der Waals surface area contributed by atoms with Crippen molar-refractivity contribution in [2.45, 2.75) is 26.4 Å². The molecular weight excluding hydrogens is 554 g/mol. The second kappa shape index (κ2) is 15.2. The van der Waals surface area contributed by atoms with Crippen LogP contribution < -0.4 is 10.7 Å². The summed E-state index contributed by atoms with van der Waals surface area (Å²) in [6, 6.07) is 0. The van der Waals surface area contributed by atoms with Gasteiger partial charge in [0.25, 0.3) is 5.91 Å². The van der Waals surface area contributed by atoms with Gasteiger partial charge < -0.3 is 10.1 Å². The zero-order chi connectivity index (χ0) is 30.7. The number of amidine groups is 2. The maximum atomic E-state index is 14.6. The molecule has 0 bridgehead atoms. The van der Waals surface area contributed by atoms with Crippen molar-refractivity contribution >= 4 is 24.3 Å². The second-order valence-corrected chi connectivity index (χ2v) is 9.41. The molecule has 0 aromatic rings. The highest BCUT2D eigenvalue weighted by atomic mass is 19.4. The molecule has 9 nitrogen and oxygen atoms in total. The standard InChI is InChI=1S/C29H35F4N7O2/c1-4-24(30)22(28(41)37-12-6-14-39-15-17-42-18-16-39)8-5-7-21-11-13-36-26-10-9-25(38-40(21)26)20(2)19-23(27(34)35-3)29(31,32)33/h4-5,7-11,19,34,38H,3,6,12-18H2,1-2H3,(H,37,41)/b7-5+,22-8+,23-19+,24-4+,25-20-,34-27?. The lowest BCUT2D eigenvalue weighted by molar-refractivity contribution is -0.117. The van der Waals surface area contributed by atoms with Crippen LogP contribution in [0.3, 0.4) is 0 Å². The first-order valence-corrected chi connectivity index (χ1v) is 13.4. The Bertz CT molecular complexity index is 1300. The molecule has 0 atom stereocenters. The molecule has 3 rings (SSSR count). The number of nitrogens with one attached hydrogen (secondary N) is 3. The summed E-state index contributed by atoms with van der Waals surface area (Å²) >= 11 is 0. The van der Waals surface area contributed by atoms with Crippen molar-refractivity contribution in [3.8, 4) is 0 Å². The van der Waals surface area contributed by atoms with Gasteiger partial charge in [0, 0.05) is 19.6 Å². The van der Waals surface area contributed by atoms with Gasteiger partial charge in [0.1, 0.15) is 11.7 Å². The van der Waals surface area contributed by atoms with Crippen LogP contribution in [0.1, 0.15) is 20.3 Å². The van der Waals surface area contributed by atoms with Crippen molar-refractivity contribution in [1.29, 1.82) is 5.41 Å². The van der Waals surface area contributed by atoms with E-state index in [1.54, 1.807) is 29.3 Å². The molecule has 1 amide bonds. The Kier molecular flexibility index (Phi) is 11.7. The molecule has 0 unspecified atom stereocenters. The van der Waals surface area contributed by atoms with Crippen LogP contribution in [-0.4, -0.2) is 86.3 Å². The fraction of sp³-hybridized carbons (Fsp3) is 0.379. The molecule has 1 saturated heterocycles. The molecule has 226 valence electrons. The minimum Gasteiger partial charge on any atom is -0.379 e. The third-order valence-corrected chi connectivity index (χ3v) is 6.50. The van der Waals surface area contributed by atoms with Gasteiger partial charge in [-0.3, -0.25) is 25.5 Å². The molecule has 3 aliphatic rings. The lowest BCUT2D eigenvalue weighted by Crippen LogP contribution is -2.44. The summed E-state index contributed by atoms with van der Waals surface area (Å²) in [6.45, 7) is 10.6. The van der Waals surface area contributed by atoms with E-state index < -0.39 is 29.3 Å². The lowest BCUT2D eigenvalue weighted by Gasteiger charge is -2.33. The van der Waals surface area contributed by atoms with Crippen LogP contribution in [0.4, 0.5) is 17.6 Å². The predicted molar refractivity (Wildman–Crippen MR) is 156 cm³/mol. The summed E-state index contributed by atoms with van der Waals surface area (Å²) in [5, 5.41) is 11.8. The summed E-state index contributed by atoms with van der Waals surface area (Å²) < 4.78 is 60.3. The minimum atomic E-state index is -4.79. The number of fused-ring (bicyclic) bond motifs is 1. The van der Waals surface area contributed by atoms with Crippen molar-refractivity contribution in [3.05, 3.63) is 82.5 Å². The van der Waals surface area contributed by atoms with Crippen molar-refractivity contribution in [1.82, 2.24) is 20.7 Å². The number of carbonyl (C=O) groups excluding carboxylic acids is 1. The van der Waals surface area contributed by atoms with E-state index in [9.17, 15) is 22.4 Å². The Morgan fingerprint density at radius 1 is 1.31 bits per heavy atom. The Labute approximate surface area is 242 Å². The summed E-state index contributed by atoms with van der Waals surface area (Å²) in [5.74, 6) is -1.68.